The lowest BCUT2D eigenvalue weighted by Crippen LogP contribution is -2.19. The second-order valence-corrected chi connectivity index (χ2v) is 1.14. The molecule has 10 heavy (non-hydrogen) atoms. The fourth-order valence-electron chi connectivity index (χ4n) is 0.140. The molecule has 6 heteroatoms. The Labute approximate surface area is 54.6 Å². The van der Waals surface area contributed by atoms with E-state index in [9.17, 15) is 18.0 Å². The molecule has 0 fully saturated rings. The molecule has 0 heterocycles. The average molecular weight is 154 g/mol. The van der Waals surface area contributed by atoms with E-state index < -0.39 is 12.0 Å². The molecule has 0 aliphatic rings. The molecule has 0 spiro atoms. The van der Waals surface area contributed by atoms with Crippen LogP contribution in [0.15, 0.2) is 6.08 Å². The molecule has 0 aliphatic heterocycles. The van der Waals surface area contributed by atoms with Gasteiger partial charge in [0, 0.05) is 6.08 Å². The van der Waals surface area contributed by atoms with E-state index in [1.54, 1.807) is 0 Å². The van der Waals surface area contributed by atoms with Crippen LogP contribution in [0.3, 0.4) is 0 Å². The summed E-state index contributed by atoms with van der Waals surface area (Å²) in [5.41, 5.74) is 0. The van der Waals surface area contributed by atoms with Gasteiger partial charge >= 0.3 is 6.18 Å². The van der Waals surface area contributed by atoms with E-state index >= 15 is 0 Å². The Balaban J connectivity index is 0. The van der Waals surface area contributed by atoms with Gasteiger partial charge in [-0.25, -0.2) is 0 Å². The molecule has 0 unspecified atom stereocenters. The molecular weight excluding hydrogens is 149 g/mol. The van der Waals surface area contributed by atoms with E-state index in [1.807, 2.05) is 0 Å². The molecule has 0 amide bonds. The first kappa shape index (κ1) is 11.6. The summed E-state index contributed by atoms with van der Waals surface area (Å²) in [7, 11) is 0. The molecule has 0 saturated heterocycles. The lowest BCUT2D eigenvalue weighted by molar-refractivity contribution is -0.165. The van der Waals surface area contributed by atoms with Crippen LogP contribution in [0.4, 0.5) is 13.2 Å². The van der Waals surface area contributed by atoms with Crippen LogP contribution in [-0.4, -0.2) is 17.8 Å². The Bertz CT molecular complexity index is 168. The van der Waals surface area contributed by atoms with Gasteiger partial charge in [0.25, 0.3) is 5.78 Å². The van der Waals surface area contributed by atoms with E-state index in [2.05, 4.69) is 0 Å². The summed E-state index contributed by atoms with van der Waals surface area (Å²) >= 11 is 0. The first-order valence-electron chi connectivity index (χ1n) is 1.82. The lowest BCUT2D eigenvalue weighted by Gasteiger charge is -1.97. The van der Waals surface area contributed by atoms with E-state index in [1.165, 1.54) is 0 Å². The van der Waals surface area contributed by atoms with Crippen molar-refractivity contribution in [1.29, 1.82) is 0 Å². The Morgan fingerprint density at radius 1 is 1.50 bits per heavy atom. The highest BCUT2D eigenvalue weighted by molar-refractivity contribution is 6.00. The summed E-state index contributed by atoms with van der Waals surface area (Å²) in [6.07, 6.45) is -4.99. The van der Waals surface area contributed by atoms with Crippen LogP contribution in [0.2, 0.25) is 0 Å². The third-order valence-corrected chi connectivity index (χ3v) is 0.475. The van der Waals surface area contributed by atoms with Crippen LogP contribution in [0.5, 0.6) is 0 Å². The highest BCUT2D eigenvalue weighted by Crippen LogP contribution is 2.15. The monoisotopic (exact) mass is 154 g/mol. The average Bonchev–Trinajstić information content (AvgIpc) is 1.64. The van der Waals surface area contributed by atoms with Gasteiger partial charge in [0.05, 0.1) is 0 Å². The fourth-order valence-corrected chi connectivity index (χ4v) is 0.140. The molecule has 4 N–H and O–H groups in total. The number of hydrogen-bond donors (Lipinski definition) is 1. The van der Waals surface area contributed by atoms with Gasteiger partial charge in [-0.3, -0.25) is 10.7 Å². The Morgan fingerprint density at radius 3 is 2.00 bits per heavy atom. The van der Waals surface area contributed by atoms with Crippen molar-refractivity contribution in [3.05, 3.63) is 11.5 Å². The third kappa shape index (κ3) is 3.82. The molecule has 0 atom stereocenters. The number of alkyl halides is 3. The molecule has 3 nitrogen and oxygen atoms in total. The van der Waals surface area contributed by atoms with Gasteiger partial charge in [-0.1, -0.05) is 0 Å². The van der Waals surface area contributed by atoms with Crippen molar-refractivity contribution < 1.29 is 18.0 Å². The van der Waals surface area contributed by atoms with Crippen LogP contribution in [0.25, 0.3) is 5.41 Å². The number of ketones is 1. The van der Waals surface area contributed by atoms with Crippen molar-refractivity contribution in [2.24, 2.45) is 0 Å². The van der Waals surface area contributed by atoms with Gasteiger partial charge in [0.2, 0.25) is 0 Å². The Morgan fingerprint density at radius 2 is 1.90 bits per heavy atom. The second-order valence-electron chi connectivity index (χ2n) is 1.14. The number of hydrogen-bond acceptors (Lipinski definition) is 1. The Hall–Kier alpha value is -1.13. The van der Waals surface area contributed by atoms with Gasteiger partial charge in [0.1, 0.15) is 0 Å². The van der Waals surface area contributed by atoms with Crippen LogP contribution >= 0.6 is 0 Å². The van der Waals surface area contributed by atoms with Crippen LogP contribution in [0, 0.1) is 0 Å². The second kappa shape index (κ2) is 3.81. The Kier molecular flexibility index (Phi) is 4.44. The lowest BCUT2D eigenvalue weighted by atomic mass is 10.4. The summed E-state index contributed by atoms with van der Waals surface area (Å²) in [6, 6.07) is 0. The topological polar surface area (TPSA) is 75.9 Å². The smallest absolute Gasteiger partial charge is 0.454 e. The number of carbonyl (C=O) groups is 1. The zero-order valence-electron chi connectivity index (χ0n) is 5.07. The van der Waals surface area contributed by atoms with Gasteiger partial charge in [-0.15, -0.1) is 0 Å². The minimum absolute atomic E-state index is 0. The molecule has 0 aromatic carbocycles. The molecule has 0 radical (unpaired) electrons. The number of quaternary nitrogens is 1. The molecular formula is C4H5F3N2O. The predicted octanol–water partition coefficient (Wildman–Crippen LogP) is 1.29. The summed E-state index contributed by atoms with van der Waals surface area (Å²) in [4.78, 5) is 9.66. The zero-order valence-corrected chi connectivity index (χ0v) is 5.07. The molecule has 0 aromatic heterocycles. The van der Waals surface area contributed by atoms with E-state index in [-0.39, 0.29) is 12.2 Å². The SMILES string of the molecule is [N-]=C=CC(=O)C(F)(F)F.[NH4+]. The molecule has 0 saturated carbocycles. The maximum absolute atomic E-state index is 11.1. The summed E-state index contributed by atoms with van der Waals surface area (Å²) in [5, 5.41) is 7.57. The quantitative estimate of drug-likeness (QED) is 0.448. The highest BCUT2D eigenvalue weighted by Gasteiger charge is 2.35. The molecule has 0 aromatic rings. The van der Waals surface area contributed by atoms with Gasteiger partial charge in [-0.05, 0) is 0 Å². The molecule has 0 bridgehead atoms. The van der Waals surface area contributed by atoms with Crippen molar-refractivity contribution in [2.75, 3.05) is 0 Å². The number of carbonyl (C=O) groups excluding carboxylic acids is 1. The van der Waals surface area contributed by atoms with Crippen molar-refractivity contribution in [1.82, 2.24) is 6.15 Å². The fraction of sp³-hybridized carbons (Fsp3) is 0.250. The minimum atomic E-state index is -4.91. The number of halogens is 3. The van der Waals surface area contributed by atoms with Crippen molar-refractivity contribution in [3.8, 4) is 0 Å². The van der Waals surface area contributed by atoms with Gasteiger partial charge in [-0.2, -0.15) is 13.2 Å². The first-order valence-corrected chi connectivity index (χ1v) is 1.82. The summed E-state index contributed by atoms with van der Waals surface area (Å²) in [6.45, 7) is 0. The van der Waals surface area contributed by atoms with E-state index in [4.69, 9.17) is 5.41 Å². The molecule has 58 valence electrons. The van der Waals surface area contributed by atoms with E-state index in [0.717, 1.165) is 5.87 Å². The van der Waals surface area contributed by atoms with Crippen LogP contribution in [-0.2, 0) is 4.79 Å². The zero-order chi connectivity index (χ0) is 7.49. The standard InChI is InChI=1S/C4HF3NO.H3N/c5-4(6,7)3(9)1-2-8;/h1H;1H3/q-1;/p+1. The summed E-state index contributed by atoms with van der Waals surface area (Å²) in [5.74, 6) is -1.14. The van der Waals surface area contributed by atoms with Crippen molar-refractivity contribution in [3.63, 3.8) is 0 Å². The molecule has 0 rings (SSSR count). The minimum Gasteiger partial charge on any atom is -0.763 e. The van der Waals surface area contributed by atoms with E-state index in [0.29, 0.717) is 0 Å². The van der Waals surface area contributed by atoms with Crippen LogP contribution in [0.1, 0.15) is 0 Å². The molecule has 0 aliphatic carbocycles. The third-order valence-electron chi connectivity index (χ3n) is 0.475. The first-order chi connectivity index (χ1) is 3.98. The number of nitrogens with zero attached hydrogens (tertiary/aromatic N) is 1. The number of rotatable bonds is 1. The highest BCUT2D eigenvalue weighted by atomic mass is 19.4. The maximum Gasteiger partial charge on any atom is 0.454 e. The van der Waals surface area contributed by atoms with Crippen molar-refractivity contribution in [2.45, 2.75) is 6.18 Å². The number of allylic oxidation sites excluding steroid dienone is 1. The van der Waals surface area contributed by atoms with Gasteiger partial charge < -0.3 is 11.6 Å². The van der Waals surface area contributed by atoms with Crippen molar-refractivity contribution >= 4 is 11.7 Å². The predicted molar refractivity (Wildman–Crippen MR) is 30.0 cm³/mol. The van der Waals surface area contributed by atoms with Gasteiger partial charge in [0.15, 0.2) is 0 Å². The summed E-state index contributed by atoms with van der Waals surface area (Å²) < 4.78 is 33.3. The largest absolute Gasteiger partial charge is 0.763 e. The van der Waals surface area contributed by atoms with Crippen LogP contribution < -0.4 is 6.15 Å². The maximum atomic E-state index is 11.1. The normalized spacial score (nSPS) is 9.10.